The van der Waals surface area contributed by atoms with Crippen LogP contribution in [0.1, 0.15) is 37.2 Å². The Morgan fingerprint density at radius 3 is 3.05 bits per heavy atom. The van der Waals surface area contributed by atoms with Gasteiger partial charge in [0.1, 0.15) is 5.69 Å². The lowest BCUT2D eigenvalue weighted by atomic mass is 10.0. The lowest BCUT2D eigenvalue weighted by Gasteiger charge is -2.28. The monoisotopic (exact) mass is 295 g/mol. The van der Waals surface area contributed by atoms with E-state index in [9.17, 15) is 4.79 Å². The summed E-state index contributed by atoms with van der Waals surface area (Å²) in [6.45, 7) is 7.06. The fourth-order valence-electron chi connectivity index (χ4n) is 3.73. The molecule has 0 aromatic carbocycles. The molecule has 1 aromatic heterocycles. The highest BCUT2D eigenvalue weighted by molar-refractivity contribution is 6.31. The first-order chi connectivity index (χ1) is 9.61. The van der Waals surface area contributed by atoms with Gasteiger partial charge in [0, 0.05) is 37.9 Å². The van der Waals surface area contributed by atoms with Gasteiger partial charge in [-0.1, -0.05) is 18.5 Å². The molecule has 0 saturated carbocycles. The fourth-order valence-corrected chi connectivity index (χ4v) is 3.95. The van der Waals surface area contributed by atoms with Crippen molar-refractivity contribution in [2.75, 3.05) is 13.1 Å². The minimum atomic E-state index is 0.133. The van der Waals surface area contributed by atoms with E-state index < -0.39 is 0 Å². The topological polar surface area (TPSA) is 37.3 Å². The van der Waals surface area contributed by atoms with Crippen LogP contribution in [0.5, 0.6) is 0 Å². The Bertz CT molecular complexity index is 513. The van der Waals surface area contributed by atoms with Crippen molar-refractivity contribution in [3.63, 3.8) is 0 Å². The van der Waals surface area contributed by atoms with Crippen molar-refractivity contribution >= 4 is 17.5 Å². The highest BCUT2D eigenvalue weighted by atomic mass is 35.5. The summed E-state index contributed by atoms with van der Waals surface area (Å²) in [4.78, 5) is 15.0. The molecule has 2 saturated heterocycles. The molecule has 2 aliphatic rings. The molecule has 0 bridgehead atoms. The zero-order valence-corrected chi connectivity index (χ0v) is 12.9. The Morgan fingerprint density at radius 2 is 2.30 bits per heavy atom. The molecule has 0 radical (unpaired) electrons. The lowest BCUT2D eigenvalue weighted by molar-refractivity contribution is 0.0671. The van der Waals surface area contributed by atoms with Crippen LogP contribution in [-0.4, -0.2) is 40.5 Å². The van der Waals surface area contributed by atoms with Crippen molar-refractivity contribution < 1.29 is 4.79 Å². The predicted molar refractivity (Wildman–Crippen MR) is 80.1 cm³/mol. The summed E-state index contributed by atoms with van der Waals surface area (Å²) in [5, 5.41) is 4.05. The summed E-state index contributed by atoms with van der Waals surface area (Å²) in [6, 6.07) is 2.48. The minimum Gasteiger partial charge on any atom is -0.342 e. The van der Waals surface area contributed by atoms with Crippen molar-refractivity contribution in [2.45, 2.75) is 45.3 Å². The van der Waals surface area contributed by atoms with E-state index in [4.69, 9.17) is 11.6 Å². The van der Waals surface area contributed by atoms with Crippen LogP contribution in [0.25, 0.3) is 0 Å². The van der Waals surface area contributed by atoms with Crippen LogP contribution in [0, 0.1) is 5.92 Å². The molecule has 1 aromatic rings. The van der Waals surface area contributed by atoms with Crippen LogP contribution >= 0.6 is 11.6 Å². The molecule has 2 fully saturated rings. The van der Waals surface area contributed by atoms with Gasteiger partial charge >= 0.3 is 0 Å². The Labute approximate surface area is 125 Å². The predicted octanol–water partition coefficient (Wildman–Crippen LogP) is 2.37. The molecule has 5 heteroatoms. The molecule has 3 heterocycles. The van der Waals surface area contributed by atoms with Gasteiger partial charge in [-0.2, -0.15) is 0 Å². The number of carbonyl (C=O) groups excluding carboxylic acids is 1. The largest absolute Gasteiger partial charge is 0.342 e. The van der Waals surface area contributed by atoms with Crippen molar-refractivity contribution in [2.24, 2.45) is 5.92 Å². The number of hydrogen-bond acceptors (Lipinski definition) is 2. The number of nitrogens with one attached hydrogen (secondary N) is 1. The van der Waals surface area contributed by atoms with Crippen LogP contribution in [0.4, 0.5) is 0 Å². The Morgan fingerprint density at radius 1 is 1.50 bits per heavy atom. The first-order valence-corrected chi connectivity index (χ1v) is 7.88. The number of halogens is 1. The van der Waals surface area contributed by atoms with Crippen molar-refractivity contribution in [3.8, 4) is 0 Å². The summed E-state index contributed by atoms with van der Waals surface area (Å²) in [6.07, 6.45) is 3.96. The van der Waals surface area contributed by atoms with Gasteiger partial charge < -0.3 is 14.8 Å². The first kappa shape index (κ1) is 14.0. The summed E-state index contributed by atoms with van der Waals surface area (Å²) in [7, 11) is 0. The van der Waals surface area contributed by atoms with E-state index >= 15 is 0 Å². The average molecular weight is 296 g/mol. The molecule has 3 unspecified atom stereocenters. The van der Waals surface area contributed by atoms with Crippen molar-refractivity contribution in [1.29, 1.82) is 0 Å². The SMILES string of the molecule is CCCn1cc(Cl)cc1C(=O)N1C(C)CC2CNCC21. The van der Waals surface area contributed by atoms with E-state index in [0.29, 0.717) is 23.0 Å². The zero-order chi connectivity index (χ0) is 14.3. The number of aromatic nitrogens is 1. The second kappa shape index (κ2) is 5.41. The molecule has 3 rings (SSSR count). The number of rotatable bonds is 3. The molecule has 3 atom stereocenters. The smallest absolute Gasteiger partial charge is 0.271 e. The number of nitrogens with zero attached hydrogens (tertiary/aromatic N) is 2. The van der Waals surface area contributed by atoms with E-state index in [0.717, 1.165) is 38.2 Å². The Hall–Kier alpha value is -1.00. The van der Waals surface area contributed by atoms with Crippen LogP contribution in [0.3, 0.4) is 0 Å². The van der Waals surface area contributed by atoms with Crippen LogP contribution in [0.2, 0.25) is 5.02 Å². The maximum absolute atomic E-state index is 12.9. The number of fused-ring (bicyclic) bond motifs is 1. The van der Waals surface area contributed by atoms with E-state index in [1.807, 2.05) is 16.8 Å². The van der Waals surface area contributed by atoms with Crippen LogP contribution in [-0.2, 0) is 6.54 Å². The summed E-state index contributed by atoms with van der Waals surface area (Å²) < 4.78 is 1.99. The quantitative estimate of drug-likeness (QED) is 0.929. The first-order valence-electron chi connectivity index (χ1n) is 7.51. The summed E-state index contributed by atoms with van der Waals surface area (Å²) in [5.74, 6) is 0.744. The molecule has 4 nitrogen and oxygen atoms in total. The van der Waals surface area contributed by atoms with E-state index in [-0.39, 0.29) is 5.91 Å². The molecule has 20 heavy (non-hydrogen) atoms. The van der Waals surface area contributed by atoms with Crippen molar-refractivity contribution in [1.82, 2.24) is 14.8 Å². The maximum atomic E-state index is 12.9. The molecule has 1 N–H and O–H groups in total. The van der Waals surface area contributed by atoms with E-state index in [1.165, 1.54) is 0 Å². The van der Waals surface area contributed by atoms with Gasteiger partial charge in [0.2, 0.25) is 0 Å². The number of carbonyl (C=O) groups is 1. The van der Waals surface area contributed by atoms with Gasteiger partial charge in [0.15, 0.2) is 0 Å². The average Bonchev–Trinajstić information content (AvgIpc) is 3.03. The number of hydrogen-bond donors (Lipinski definition) is 1. The van der Waals surface area contributed by atoms with Crippen molar-refractivity contribution in [3.05, 3.63) is 23.0 Å². The normalized spacial score (nSPS) is 28.9. The molecule has 2 aliphatic heterocycles. The summed E-state index contributed by atoms with van der Waals surface area (Å²) >= 11 is 6.10. The molecular formula is C15H22ClN3O. The highest BCUT2D eigenvalue weighted by Crippen LogP contribution is 2.33. The standard InChI is InChI=1S/C15H22ClN3O/c1-3-4-18-9-12(16)6-13(18)15(20)19-10(2)5-11-7-17-8-14(11)19/h6,9-11,14,17H,3-5,7-8H2,1-2H3. The molecule has 0 aliphatic carbocycles. The maximum Gasteiger partial charge on any atom is 0.271 e. The second-order valence-corrected chi connectivity index (χ2v) is 6.46. The van der Waals surface area contributed by atoms with Gasteiger partial charge in [-0.15, -0.1) is 0 Å². The molecule has 0 spiro atoms. The van der Waals surface area contributed by atoms with Gasteiger partial charge in [-0.05, 0) is 31.7 Å². The molecule has 110 valence electrons. The third-order valence-corrected chi connectivity index (χ3v) is 4.77. The molecule has 1 amide bonds. The van der Waals surface area contributed by atoms with Gasteiger partial charge in [0.05, 0.1) is 5.02 Å². The number of likely N-dealkylation sites (tertiary alicyclic amines) is 1. The Balaban J connectivity index is 1.88. The number of amides is 1. The van der Waals surface area contributed by atoms with Crippen LogP contribution in [0.15, 0.2) is 12.3 Å². The zero-order valence-electron chi connectivity index (χ0n) is 12.1. The van der Waals surface area contributed by atoms with Gasteiger partial charge in [-0.25, -0.2) is 0 Å². The lowest BCUT2D eigenvalue weighted by Crippen LogP contribution is -2.43. The fraction of sp³-hybridized carbons (Fsp3) is 0.667. The number of aryl methyl sites for hydroxylation is 1. The van der Waals surface area contributed by atoms with E-state index in [1.54, 1.807) is 0 Å². The minimum absolute atomic E-state index is 0.133. The van der Waals surface area contributed by atoms with Gasteiger partial charge in [-0.3, -0.25) is 4.79 Å². The third-order valence-electron chi connectivity index (χ3n) is 4.56. The Kier molecular flexibility index (Phi) is 3.78. The summed E-state index contributed by atoms with van der Waals surface area (Å²) in [5.41, 5.74) is 0.733. The second-order valence-electron chi connectivity index (χ2n) is 6.02. The third kappa shape index (κ3) is 2.25. The highest BCUT2D eigenvalue weighted by Gasteiger charge is 2.44. The van der Waals surface area contributed by atoms with Gasteiger partial charge in [0.25, 0.3) is 5.91 Å². The molecular weight excluding hydrogens is 274 g/mol. The van der Waals surface area contributed by atoms with E-state index in [2.05, 4.69) is 24.1 Å². The van der Waals surface area contributed by atoms with Crippen LogP contribution < -0.4 is 5.32 Å².